The fraction of sp³-hybridized carbons (Fsp3) is 0.300. The topological polar surface area (TPSA) is 88.1 Å². The van der Waals surface area contributed by atoms with Crippen LogP contribution in [0.15, 0.2) is 52.5 Å². The normalized spacial score (nSPS) is 20.1. The number of hydrogen-bond donors (Lipinski definition) is 1. The molecule has 2 heterocycles. The van der Waals surface area contributed by atoms with Crippen LogP contribution in [0, 0.1) is 12.7 Å². The Morgan fingerprint density at radius 1 is 1.28 bits per heavy atom. The highest BCUT2D eigenvalue weighted by molar-refractivity contribution is 8.08. The monoisotopic (exact) mass is 417 g/mol. The van der Waals surface area contributed by atoms with Gasteiger partial charge in [-0.2, -0.15) is 0 Å². The SMILES string of the molecule is Cc1ccc(N2N=C(C(=O)NC[C@H]3CCCO3)S(=O)(=O)c3cc(F)ccc32)cc1. The van der Waals surface area contributed by atoms with Gasteiger partial charge in [0.1, 0.15) is 10.7 Å². The summed E-state index contributed by atoms with van der Waals surface area (Å²) in [4.78, 5) is 12.4. The summed E-state index contributed by atoms with van der Waals surface area (Å²) in [6.07, 6.45) is 1.54. The van der Waals surface area contributed by atoms with Crippen LogP contribution in [0.2, 0.25) is 0 Å². The Kier molecular flexibility index (Phi) is 5.10. The van der Waals surface area contributed by atoms with Crippen LogP contribution in [0.3, 0.4) is 0 Å². The lowest BCUT2D eigenvalue weighted by atomic mass is 10.2. The van der Waals surface area contributed by atoms with E-state index in [9.17, 15) is 17.6 Å². The van der Waals surface area contributed by atoms with Crippen molar-refractivity contribution in [3.63, 3.8) is 0 Å². The second-order valence-electron chi connectivity index (χ2n) is 7.01. The highest BCUT2D eigenvalue weighted by Crippen LogP contribution is 2.37. The van der Waals surface area contributed by atoms with Gasteiger partial charge in [-0.15, -0.1) is 5.10 Å². The summed E-state index contributed by atoms with van der Waals surface area (Å²) in [5.74, 6) is -1.55. The van der Waals surface area contributed by atoms with Crippen molar-refractivity contribution in [2.24, 2.45) is 5.10 Å². The van der Waals surface area contributed by atoms with E-state index in [0.29, 0.717) is 12.3 Å². The van der Waals surface area contributed by atoms with Crippen LogP contribution in [-0.2, 0) is 19.4 Å². The standard InChI is InChI=1S/C20H20FN3O4S/c1-13-4-7-15(8-5-13)24-17-9-6-14(21)11-18(17)29(26,27)20(23-24)19(25)22-12-16-3-2-10-28-16/h4-9,11,16H,2-3,10,12H2,1H3,(H,22,25)/t16-/m1/s1. The van der Waals surface area contributed by atoms with Gasteiger partial charge in [0.2, 0.25) is 14.9 Å². The molecule has 0 spiro atoms. The van der Waals surface area contributed by atoms with Crippen molar-refractivity contribution in [2.45, 2.75) is 30.8 Å². The second-order valence-corrected chi connectivity index (χ2v) is 8.85. The summed E-state index contributed by atoms with van der Waals surface area (Å²) in [5.41, 5.74) is 1.75. The molecule has 7 nitrogen and oxygen atoms in total. The van der Waals surface area contributed by atoms with Crippen LogP contribution in [0.1, 0.15) is 18.4 Å². The van der Waals surface area contributed by atoms with Crippen molar-refractivity contribution in [2.75, 3.05) is 18.2 Å². The Bertz CT molecular complexity index is 1080. The van der Waals surface area contributed by atoms with E-state index in [4.69, 9.17) is 4.74 Å². The first-order valence-electron chi connectivity index (χ1n) is 9.26. The minimum Gasteiger partial charge on any atom is -0.376 e. The van der Waals surface area contributed by atoms with Gasteiger partial charge >= 0.3 is 0 Å². The number of carbonyl (C=O) groups excluding carboxylic acids is 1. The highest BCUT2D eigenvalue weighted by Gasteiger charge is 2.38. The fourth-order valence-electron chi connectivity index (χ4n) is 3.32. The molecule has 2 aliphatic rings. The maximum atomic E-state index is 13.9. The number of nitrogens with zero attached hydrogens (tertiary/aromatic N) is 2. The van der Waals surface area contributed by atoms with Gasteiger partial charge in [0.25, 0.3) is 5.91 Å². The van der Waals surface area contributed by atoms with Gasteiger partial charge in [-0.05, 0) is 50.1 Å². The third-order valence-electron chi connectivity index (χ3n) is 4.87. The third kappa shape index (κ3) is 3.75. The number of ether oxygens (including phenoxy) is 1. The van der Waals surface area contributed by atoms with Crippen molar-refractivity contribution in [3.8, 4) is 0 Å². The molecule has 0 bridgehead atoms. The van der Waals surface area contributed by atoms with Gasteiger partial charge in [-0.3, -0.25) is 4.79 Å². The molecule has 1 amide bonds. The predicted molar refractivity (Wildman–Crippen MR) is 106 cm³/mol. The van der Waals surface area contributed by atoms with Gasteiger partial charge in [0, 0.05) is 13.2 Å². The zero-order chi connectivity index (χ0) is 20.6. The van der Waals surface area contributed by atoms with Crippen LogP contribution in [0.5, 0.6) is 0 Å². The molecule has 152 valence electrons. The number of hydrazone groups is 1. The first-order chi connectivity index (χ1) is 13.9. The molecule has 1 fully saturated rings. The number of halogens is 1. The van der Waals surface area contributed by atoms with Gasteiger partial charge in [0.05, 0.1) is 17.5 Å². The summed E-state index contributed by atoms with van der Waals surface area (Å²) in [6.45, 7) is 2.72. The minimum absolute atomic E-state index is 0.149. The van der Waals surface area contributed by atoms with Crippen LogP contribution >= 0.6 is 0 Å². The van der Waals surface area contributed by atoms with Crippen LogP contribution in [0.4, 0.5) is 15.8 Å². The Morgan fingerprint density at radius 2 is 2.03 bits per heavy atom. The summed E-state index contributed by atoms with van der Waals surface area (Å²) >= 11 is 0. The molecule has 2 aromatic carbocycles. The first-order valence-corrected chi connectivity index (χ1v) is 10.7. The molecule has 4 rings (SSSR count). The van der Waals surface area contributed by atoms with Crippen LogP contribution in [-0.4, -0.2) is 38.6 Å². The van der Waals surface area contributed by atoms with E-state index in [2.05, 4.69) is 10.4 Å². The maximum Gasteiger partial charge on any atom is 0.284 e. The fourth-order valence-corrected chi connectivity index (χ4v) is 4.73. The van der Waals surface area contributed by atoms with Gasteiger partial charge in [0.15, 0.2) is 0 Å². The molecule has 29 heavy (non-hydrogen) atoms. The van der Waals surface area contributed by atoms with Gasteiger partial charge in [-0.25, -0.2) is 17.8 Å². The molecule has 0 radical (unpaired) electrons. The lowest BCUT2D eigenvalue weighted by Crippen LogP contribution is -2.42. The van der Waals surface area contributed by atoms with E-state index in [0.717, 1.165) is 30.5 Å². The number of aryl methyl sites for hydroxylation is 1. The van der Waals surface area contributed by atoms with Crippen LogP contribution < -0.4 is 10.3 Å². The number of benzene rings is 2. The van der Waals surface area contributed by atoms with Crippen molar-refractivity contribution in [1.82, 2.24) is 5.32 Å². The molecular weight excluding hydrogens is 397 g/mol. The van der Waals surface area contributed by atoms with Crippen molar-refractivity contribution < 1.29 is 22.3 Å². The van der Waals surface area contributed by atoms with E-state index in [1.165, 1.54) is 11.1 Å². The molecule has 0 saturated carbocycles. The van der Waals surface area contributed by atoms with Gasteiger partial charge < -0.3 is 10.1 Å². The zero-order valence-corrected chi connectivity index (χ0v) is 16.6. The van der Waals surface area contributed by atoms with E-state index < -0.39 is 26.6 Å². The number of nitrogens with one attached hydrogen (secondary N) is 1. The van der Waals surface area contributed by atoms with E-state index in [-0.39, 0.29) is 23.2 Å². The second kappa shape index (κ2) is 7.57. The molecule has 1 atom stereocenters. The molecular formula is C20H20FN3O4S. The summed E-state index contributed by atoms with van der Waals surface area (Å²) in [6, 6.07) is 10.6. The molecule has 0 unspecified atom stereocenters. The third-order valence-corrected chi connectivity index (χ3v) is 6.55. The molecule has 9 heteroatoms. The minimum atomic E-state index is -4.28. The largest absolute Gasteiger partial charge is 0.376 e. The number of amides is 1. The number of sulfone groups is 1. The number of rotatable bonds is 4. The highest BCUT2D eigenvalue weighted by atomic mass is 32.2. The molecule has 1 N–H and O–H groups in total. The molecule has 2 aliphatic heterocycles. The summed E-state index contributed by atoms with van der Waals surface area (Å²) < 4.78 is 45.3. The zero-order valence-electron chi connectivity index (χ0n) is 15.8. The summed E-state index contributed by atoms with van der Waals surface area (Å²) in [5, 5.41) is 7.39. The molecule has 2 aromatic rings. The molecule has 0 aromatic heterocycles. The van der Waals surface area contributed by atoms with Crippen molar-refractivity contribution in [1.29, 1.82) is 0 Å². The summed E-state index contributed by atoms with van der Waals surface area (Å²) in [7, 11) is -4.28. The quantitative estimate of drug-likeness (QED) is 0.826. The van der Waals surface area contributed by atoms with Crippen LogP contribution in [0.25, 0.3) is 0 Å². The molecule has 1 saturated heterocycles. The Balaban J connectivity index is 1.74. The van der Waals surface area contributed by atoms with Gasteiger partial charge in [-0.1, -0.05) is 17.7 Å². The van der Waals surface area contributed by atoms with Crippen molar-refractivity contribution in [3.05, 3.63) is 53.8 Å². The number of carbonyl (C=O) groups is 1. The first kappa shape index (κ1) is 19.5. The predicted octanol–water partition coefficient (Wildman–Crippen LogP) is 2.67. The van der Waals surface area contributed by atoms with E-state index in [1.807, 2.05) is 19.1 Å². The number of anilines is 2. The van der Waals surface area contributed by atoms with E-state index >= 15 is 0 Å². The van der Waals surface area contributed by atoms with E-state index in [1.54, 1.807) is 12.1 Å². The molecule has 0 aliphatic carbocycles. The lowest BCUT2D eigenvalue weighted by Gasteiger charge is -2.27. The Hall–Kier alpha value is -2.78. The average molecular weight is 417 g/mol. The Morgan fingerprint density at radius 3 is 2.72 bits per heavy atom. The van der Waals surface area contributed by atoms with Crippen molar-refractivity contribution >= 4 is 32.2 Å². The average Bonchev–Trinajstić information content (AvgIpc) is 3.21. The Labute approximate surface area is 168 Å². The lowest BCUT2D eigenvalue weighted by molar-refractivity contribution is -0.115. The number of hydrogen-bond acceptors (Lipinski definition) is 6. The maximum absolute atomic E-state index is 13.9. The smallest absolute Gasteiger partial charge is 0.284 e. The number of fused-ring (bicyclic) bond motifs is 1.